The monoisotopic (exact) mass is 398 g/mol. The van der Waals surface area contributed by atoms with E-state index in [1.165, 1.54) is 12.3 Å². The quantitative estimate of drug-likeness (QED) is 0.500. The van der Waals surface area contributed by atoms with Crippen LogP contribution >= 0.6 is 0 Å². The maximum Gasteiger partial charge on any atom is 0.357 e. The Labute approximate surface area is 173 Å². The first-order valence-electron chi connectivity index (χ1n) is 9.29. The van der Waals surface area contributed by atoms with Gasteiger partial charge in [-0.25, -0.2) is 14.5 Å². The summed E-state index contributed by atoms with van der Waals surface area (Å²) < 4.78 is 6.70. The van der Waals surface area contributed by atoms with E-state index < -0.39 is 18.5 Å². The van der Waals surface area contributed by atoms with Gasteiger partial charge in [-0.15, -0.1) is 0 Å². The van der Waals surface area contributed by atoms with E-state index in [1.54, 1.807) is 22.9 Å². The number of carbonyl (C=O) groups is 2. The second-order valence-electron chi connectivity index (χ2n) is 6.37. The van der Waals surface area contributed by atoms with Crippen LogP contribution in [0.15, 0.2) is 91.1 Å². The molecule has 2 aromatic carbocycles. The number of pyridine rings is 1. The van der Waals surface area contributed by atoms with E-state index in [0.29, 0.717) is 11.5 Å². The Morgan fingerprint density at radius 2 is 1.60 bits per heavy atom. The highest BCUT2D eigenvalue weighted by atomic mass is 16.5. The van der Waals surface area contributed by atoms with Crippen molar-refractivity contribution in [3.63, 3.8) is 0 Å². The number of nitrogens with zero attached hydrogens (tertiary/aromatic N) is 3. The molecule has 0 aliphatic rings. The predicted molar refractivity (Wildman–Crippen MR) is 112 cm³/mol. The summed E-state index contributed by atoms with van der Waals surface area (Å²) in [6.45, 7) is -0.434. The van der Waals surface area contributed by atoms with Gasteiger partial charge in [0.2, 0.25) is 0 Å². The van der Waals surface area contributed by atoms with Crippen LogP contribution in [0.1, 0.15) is 10.5 Å². The molecular weight excluding hydrogens is 380 g/mol. The lowest BCUT2D eigenvalue weighted by atomic mass is 10.2. The lowest BCUT2D eigenvalue weighted by Crippen LogP contribution is -2.22. The number of benzene rings is 2. The number of carbonyl (C=O) groups excluding carboxylic acids is 2. The van der Waals surface area contributed by atoms with Crippen molar-refractivity contribution >= 4 is 17.7 Å². The molecule has 148 valence electrons. The van der Waals surface area contributed by atoms with E-state index in [0.717, 1.165) is 11.3 Å². The Hall–Kier alpha value is -4.26. The van der Waals surface area contributed by atoms with E-state index in [1.807, 2.05) is 60.7 Å². The molecule has 0 aliphatic carbocycles. The minimum atomic E-state index is -0.660. The van der Waals surface area contributed by atoms with Crippen LogP contribution in [-0.2, 0) is 9.53 Å². The second kappa shape index (κ2) is 8.83. The van der Waals surface area contributed by atoms with Gasteiger partial charge in [-0.05, 0) is 24.3 Å². The summed E-state index contributed by atoms with van der Waals surface area (Å²) in [4.78, 5) is 28.3. The molecule has 30 heavy (non-hydrogen) atoms. The number of para-hydroxylation sites is 1. The third-order valence-corrected chi connectivity index (χ3v) is 4.26. The Kier molecular flexibility index (Phi) is 5.61. The van der Waals surface area contributed by atoms with E-state index in [9.17, 15) is 9.59 Å². The fraction of sp³-hybridized carbons (Fsp3) is 0.0435. The zero-order chi connectivity index (χ0) is 20.8. The normalized spacial score (nSPS) is 10.4. The van der Waals surface area contributed by atoms with Gasteiger partial charge in [-0.1, -0.05) is 54.6 Å². The second-order valence-corrected chi connectivity index (χ2v) is 6.37. The van der Waals surface area contributed by atoms with Crippen molar-refractivity contribution in [1.29, 1.82) is 0 Å². The number of aromatic nitrogens is 3. The summed E-state index contributed by atoms with van der Waals surface area (Å²) in [6.07, 6.45) is 1.49. The largest absolute Gasteiger partial charge is 0.451 e. The first kappa shape index (κ1) is 19.1. The lowest BCUT2D eigenvalue weighted by molar-refractivity contribution is -0.119. The van der Waals surface area contributed by atoms with Crippen LogP contribution in [-0.4, -0.2) is 33.2 Å². The summed E-state index contributed by atoms with van der Waals surface area (Å²) in [7, 11) is 0. The van der Waals surface area contributed by atoms with Gasteiger partial charge < -0.3 is 10.1 Å². The Morgan fingerprint density at radius 3 is 2.30 bits per heavy atom. The van der Waals surface area contributed by atoms with Gasteiger partial charge in [0.25, 0.3) is 5.91 Å². The van der Waals surface area contributed by atoms with Gasteiger partial charge in [0.15, 0.2) is 6.61 Å². The summed E-state index contributed by atoms with van der Waals surface area (Å²) in [5.74, 6) is -0.665. The van der Waals surface area contributed by atoms with Crippen LogP contribution in [0.4, 0.5) is 5.82 Å². The molecule has 4 rings (SSSR count). The van der Waals surface area contributed by atoms with Crippen LogP contribution in [0.3, 0.4) is 0 Å². The molecule has 0 saturated heterocycles. The van der Waals surface area contributed by atoms with Crippen molar-refractivity contribution < 1.29 is 14.3 Å². The molecule has 7 heteroatoms. The van der Waals surface area contributed by atoms with Gasteiger partial charge >= 0.3 is 5.97 Å². The zero-order valence-electron chi connectivity index (χ0n) is 15.9. The van der Waals surface area contributed by atoms with Crippen LogP contribution in [0, 0.1) is 0 Å². The molecule has 2 heterocycles. The van der Waals surface area contributed by atoms with Crippen molar-refractivity contribution in [2.75, 3.05) is 11.9 Å². The molecule has 7 nitrogen and oxygen atoms in total. The maximum atomic E-state index is 12.4. The van der Waals surface area contributed by atoms with Crippen molar-refractivity contribution in [3.8, 4) is 16.9 Å². The third kappa shape index (κ3) is 4.41. The molecule has 0 unspecified atom stereocenters. The molecule has 1 amide bonds. The first-order valence-corrected chi connectivity index (χ1v) is 9.29. The molecule has 0 saturated carbocycles. The number of nitrogens with one attached hydrogen (secondary N) is 1. The number of esters is 1. The Bertz CT molecular complexity index is 1140. The molecule has 0 bridgehead atoms. The van der Waals surface area contributed by atoms with E-state index in [2.05, 4.69) is 15.4 Å². The molecule has 2 aromatic heterocycles. The van der Waals surface area contributed by atoms with Gasteiger partial charge in [0.05, 0.1) is 11.4 Å². The Balaban J connectivity index is 1.53. The summed E-state index contributed by atoms with van der Waals surface area (Å²) in [6, 6.07) is 25.8. The molecule has 0 radical (unpaired) electrons. The smallest absolute Gasteiger partial charge is 0.357 e. The molecule has 4 aromatic rings. The van der Waals surface area contributed by atoms with Gasteiger partial charge in [-0.2, -0.15) is 5.10 Å². The van der Waals surface area contributed by atoms with Crippen LogP contribution in [0.25, 0.3) is 16.9 Å². The van der Waals surface area contributed by atoms with Crippen LogP contribution < -0.4 is 5.32 Å². The van der Waals surface area contributed by atoms with Crippen molar-refractivity contribution in [3.05, 3.63) is 96.8 Å². The zero-order valence-corrected chi connectivity index (χ0v) is 15.9. The number of amides is 1. The highest BCUT2D eigenvalue weighted by molar-refractivity contribution is 5.94. The van der Waals surface area contributed by atoms with Gasteiger partial charge in [-0.3, -0.25) is 4.79 Å². The summed E-state index contributed by atoms with van der Waals surface area (Å²) >= 11 is 0. The first-order chi connectivity index (χ1) is 14.7. The molecule has 0 fully saturated rings. The van der Waals surface area contributed by atoms with E-state index >= 15 is 0 Å². The average Bonchev–Trinajstić information content (AvgIpc) is 3.23. The topological polar surface area (TPSA) is 86.1 Å². The van der Waals surface area contributed by atoms with Gasteiger partial charge in [0.1, 0.15) is 11.5 Å². The fourth-order valence-corrected chi connectivity index (χ4v) is 2.85. The lowest BCUT2D eigenvalue weighted by Gasteiger charge is -2.09. The maximum absolute atomic E-state index is 12.4. The minimum absolute atomic E-state index is 0.144. The number of ether oxygens (including phenoxy) is 1. The van der Waals surface area contributed by atoms with E-state index in [4.69, 9.17) is 4.74 Å². The third-order valence-electron chi connectivity index (χ3n) is 4.26. The summed E-state index contributed by atoms with van der Waals surface area (Å²) in [5, 5.41) is 7.40. The number of anilines is 1. The van der Waals surface area contributed by atoms with Crippen molar-refractivity contribution in [1.82, 2.24) is 14.8 Å². The molecule has 0 aliphatic heterocycles. The molecular formula is C23H18N4O3. The highest BCUT2D eigenvalue weighted by Gasteiger charge is 2.16. The SMILES string of the molecule is O=C(COC(=O)c1ccccn1)Nc1cc(-c2ccccc2)nn1-c1ccccc1. The minimum Gasteiger partial charge on any atom is -0.451 e. The molecule has 1 N–H and O–H groups in total. The fourth-order valence-electron chi connectivity index (χ4n) is 2.85. The van der Waals surface area contributed by atoms with Crippen molar-refractivity contribution in [2.45, 2.75) is 0 Å². The Morgan fingerprint density at radius 1 is 0.900 bits per heavy atom. The molecule has 0 atom stereocenters. The summed E-state index contributed by atoms with van der Waals surface area (Å²) in [5.41, 5.74) is 2.57. The predicted octanol–water partition coefficient (Wildman–Crippen LogP) is 3.73. The highest BCUT2D eigenvalue weighted by Crippen LogP contribution is 2.24. The number of rotatable bonds is 6. The number of hydrogen-bond donors (Lipinski definition) is 1. The standard InChI is InChI=1S/C23H18N4O3/c28-22(16-30-23(29)19-13-7-8-14-24-19)25-21-15-20(17-9-3-1-4-10-17)26-27(21)18-11-5-2-6-12-18/h1-15H,16H2,(H,25,28). The molecule has 0 spiro atoms. The van der Waals surface area contributed by atoms with Crippen LogP contribution in [0.5, 0.6) is 0 Å². The van der Waals surface area contributed by atoms with E-state index in [-0.39, 0.29) is 5.69 Å². The van der Waals surface area contributed by atoms with Crippen LogP contribution in [0.2, 0.25) is 0 Å². The van der Waals surface area contributed by atoms with Crippen molar-refractivity contribution in [2.24, 2.45) is 0 Å². The van der Waals surface area contributed by atoms with Gasteiger partial charge in [0, 0.05) is 17.8 Å². The average molecular weight is 398 g/mol. The number of hydrogen-bond acceptors (Lipinski definition) is 5.